The molecule has 2 N–H and O–H groups in total. The van der Waals surface area contributed by atoms with Gasteiger partial charge in [0.2, 0.25) is 0 Å². The molecule has 0 spiro atoms. The van der Waals surface area contributed by atoms with Crippen molar-refractivity contribution in [3.05, 3.63) is 30.3 Å². The van der Waals surface area contributed by atoms with Crippen molar-refractivity contribution in [1.82, 2.24) is 4.90 Å². The second-order valence-corrected chi connectivity index (χ2v) is 5.02. The van der Waals surface area contributed by atoms with E-state index in [0.717, 1.165) is 38.4 Å². The van der Waals surface area contributed by atoms with Crippen LogP contribution < -0.4 is 10.5 Å². The van der Waals surface area contributed by atoms with E-state index >= 15 is 0 Å². The molecule has 1 aromatic carbocycles. The average molecular weight is 234 g/mol. The van der Waals surface area contributed by atoms with Crippen LogP contribution in [0.25, 0.3) is 0 Å². The minimum Gasteiger partial charge on any atom is -0.492 e. The van der Waals surface area contributed by atoms with Gasteiger partial charge in [-0.15, -0.1) is 0 Å². The number of nitrogens with zero attached hydrogens (tertiary/aromatic N) is 1. The third kappa shape index (κ3) is 4.02. The van der Waals surface area contributed by atoms with Crippen LogP contribution in [0.5, 0.6) is 5.75 Å². The fourth-order valence-corrected chi connectivity index (χ4v) is 2.50. The monoisotopic (exact) mass is 234 g/mol. The highest BCUT2D eigenvalue weighted by molar-refractivity contribution is 5.20. The summed E-state index contributed by atoms with van der Waals surface area (Å²) in [6, 6.07) is 10.3. The van der Waals surface area contributed by atoms with Gasteiger partial charge in [-0.25, -0.2) is 0 Å². The van der Waals surface area contributed by atoms with Crippen molar-refractivity contribution in [2.75, 3.05) is 26.2 Å². The maximum absolute atomic E-state index is 6.02. The summed E-state index contributed by atoms with van der Waals surface area (Å²) in [6.07, 6.45) is 1.15. The number of nitrogens with two attached hydrogens (primary N) is 1. The maximum Gasteiger partial charge on any atom is 0.119 e. The Labute approximate surface area is 104 Å². The molecule has 0 aliphatic carbocycles. The van der Waals surface area contributed by atoms with E-state index in [1.54, 1.807) is 0 Å². The maximum atomic E-state index is 6.02. The van der Waals surface area contributed by atoms with E-state index in [9.17, 15) is 0 Å². The Morgan fingerprint density at radius 1 is 1.29 bits per heavy atom. The number of para-hydroxylation sites is 1. The Morgan fingerprint density at radius 2 is 2.06 bits per heavy atom. The zero-order valence-corrected chi connectivity index (χ0v) is 10.5. The van der Waals surface area contributed by atoms with Crippen molar-refractivity contribution in [3.8, 4) is 5.75 Å². The summed E-state index contributed by atoms with van der Waals surface area (Å²) < 4.78 is 5.70. The third-order valence-electron chi connectivity index (χ3n) is 3.19. The van der Waals surface area contributed by atoms with Crippen molar-refractivity contribution in [2.24, 2.45) is 11.7 Å². The standard InChI is InChI=1S/C14H22N2O/c1-12-9-13(15)11-16(10-12)7-8-17-14-5-3-2-4-6-14/h2-6,12-13H,7-11,15H2,1H3. The number of ether oxygens (including phenoxy) is 1. The summed E-state index contributed by atoms with van der Waals surface area (Å²) in [4.78, 5) is 2.40. The van der Waals surface area contributed by atoms with Gasteiger partial charge < -0.3 is 10.5 Å². The molecule has 17 heavy (non-hydrogen) atoms. The first-order valence-corrected chi connectivity index (χ1v) is 6.40. The minimum atomic E-state index is 0.329. The van der Waals surface area contributed by atoms with E-state index in [4.69, 9.17) is 10.5 Å². The van der Waals surface area contributed by atoms with Crippen LogP contribution in [0.1, 0.15) is 13.3 Å². The molecule has 1 aliphatic rings. The smallest absolute Gasteiger partial charge is 0.119 e. The van der Waals surface area contributed by atoms with Crippen molar-refractivity contribution >= 4 is 0 Å². The second kappa shape index (κ2) is 6.03. The second-order valence-electron chi connectivity index (χ2n) is 5.02. The number of benzene rings is 1. The summed E-state index contributed by atoms with van der Waals surface area (Å²) in [5.41, 5.74) is 6.02. The topological polar surface area (TPSA) is 38.5 Å². The number of rotatable bonds is 4. The Balaban J connectivity index is 1.71. The van der Waals surface area contributed by atoms with Crippen molar-refractivity contribution < 1.29 is 4.74 Å². The van der Waals surface area contributed by atoms with Crippen LogP contribution in [0.2, 0.25) is 0 Å². The van der Waals surface area contributed by atoms with Gasteiger partial charge in [0, 0.05) is 25.7 Å². The first kappa shape index (κ1) is 12.4. The molecule has 3 nitrogen and oxygen atoms in total. The number of likely N-dealkylation sites (tertiary alicyclic amines) is 1. The molecule has 0 radical (unpaired) electrons. The molecule has 2 atom stereocenters. The minimum absolute atomic E-state index is 0.329. The summed E-state index contributed by atoms with van der Waals surface area (Å²) in [7, 11) is 0. The number of hydrogen-bond donors (Lipinski definition) is 1. The predicted octanol–water partition coefficient (Wildman–Crippen LogP) is 1.73. The Kier molecular flexibility index (Phi) is 4.40. The van der Waals surface area contributed by atoms with E-state index < -0.39 is 0 Å². The third-order valence-corrected chi connectivity index (χ3v) is 3.19. The van der Waals surface area contributed by atoms with Crippen LogP contribution in [0.3, 0.4) is 0 Å². The molecule has 3 heteroatoms. The molecule has 2 unspecified atom stereocenters. The molecule has 0 bridgehead atoms. The van der Waals surface area contributed by atoms with Gasteiger partial charge in [0.1, 0.15) is 12.4 Å². The Hall–Kier alpha value is -1.06. The van der Waals surface area contributed by atoms with Gasteiger partial charge in [0.15, 0.2) is 0 Å². The van der Waals surface area contributed by atoms with Crippen molar-refractivity contribution in [1.29, 1.82) is 0 Å². The highest BCUT2D eigenvalue weighted by Gasteiger charge is 2.21. The Morgan fingerprint density at radius 3 is 2.76 bits per heavy atom. The fraction of sp³-hybridized carbons (Fsp3) is 0.571. The van der Waals surface area contributed by atoms with Crippen LogP contribution in [-0.2, 0) is 0 Å². The first-order chi connectivity index (χ1) is 8.24. The SMILES string of the molecule is CC1CC(N)CN(CCOc2ccccc2)C1. The van der Waals surface area contributed by atoms with Crippen molar-refractivity contribution in [2.45, 2.75) is 19.4 Å². The number of hydrogen-bond acceptors (Lipinski definition) is 3. The normalized spacial score (nSPS) is 25.8. The van der Waals surface area contributed by atoms with Crippen molar-refractivity contribution in [3.63, 3.8) is 0 Å². The molecule has 1 aliphatic heterocycles. The lowest BCUT2D eigenvalue weighted by Gasteiger charge is -2.34. The molecular formula is C14H22N2O. The summed E-state index contributed by atoms with van der Waals surface area (Å²) in [5, 5.41) is 0. The van der Waals surface area contributed by atoms with Crippen LogP contribution in [-0.4, -0.2) is 37.2 Å². The Bertz CT molecular complexity index is 318. The lowest BCUT2D eigenvalue weighted by atomic mass is 9.97. The highest BCUT2D eigenvalue weighted by Crippen LogP contribution is 2.15. The summed E-state index contributed by atoms with van der Waals surface area (Å²) in [5.74, 6) is 1.65. The molecule has 2 rings (SSSR count). The summed E-state index contributed by atoms with van der Waals surface area (Å²) >= 11 is 0. The van der Waals surface area contributed by atoms with E-state index in [-0.39, 0.29) is 0 Å². The van der Waals surface area contributed by atoms with Gasteiger partial charge in [-0.05, 0) is 24.5 Å². The van der Waals surface area contributed by atoms with Gasteiger partial charge >= 0.3 is 0 Å². The van der Waals surface area contributed by atoms with Crippen LogP contribution in [0.4, 0.5) is 0 Å². The van der Waals surface area contributed by atoms with E-state index in [2.05, 4.69) is 11.8 Å². The molecule has 0 aromatic heterocycles. The lowest BCUT2D eigenvalue weighted by molar-refractivity contribution is 0.140. The average Bonchev–Trinajstić information content (AvgIpc) is 2.29. The molecule has 1 heterocycles. The predicted molar refractivity (Wildman–Crippen MR) is 70.1 cm³/mol. The van der Waals surface area contributed by atoms with Gasteiger partial charge in [-0.2, -0.15) is 0 Å². The molecule has 94 valence electrons. The van der Waals surface area contributed by atoms with Gasteiger partial charge in [0.25, 0.3) is 0 Å². The van der Waals surface area contributed by atoms with Gasteiger partial charge in [0.05, 0.1) is 0 Å². The molecule has 1 saturated heterocycles. The first-order valence-electron chi connectivity index (χ1n) is 6.40. The lowest BCUT2D eigenvalue weighted by Crippen LogP contribution is -2.47. The van der Waals surface area contributed by atoms with E-state index in [0.29, 0.717) is 12.0 Å². The van der Waals surface area contributed by atoms with Crippen LogP contribution in [0.15, 0.2) is 30.3 Å². The molecule has 0 amide bonds. The van der Waals surface area contributed by atoms with Gasteiger partial charge in [-0.3, -0.25) is 4.90 Å². The number of piperidine rings is 1. The quantitative estimate of drug-likeness (QED) is 0.862. The molecular weight excluding hydrogens is 212 g/mol. The largest absolute Gasteiger partial charge is 0.492 e. The van der Waals surface area contributed by atoms with Gasteiger partial charge in [-0.1, -0.05) is 25.1 Å². The summed E-state index contributed by atoms with van der Waals surface area (Å²) in [6.45, 7) is 6.12. The molecule has 1 aromatic rings. The van der Waals surface area contributed by atoms with E-state index in [1.807, 2.05) is 30.3 Å². The fourth-order valence-electron chi connectivity index (χ4n) is 2.50. The van der Waals surface area contributed by atoms with E-state index in [1.165, 1.54) is 0 Å². The zero-order valence-electron chi connectivity index (χ0n) is 10.5. The van der Waals surface area contributed by atoms with Crippen LogP contribution >= 0.6 is 0 Å². The zero-order chi connectivity index (χ0) is 12.1. The van der Waals surface area contributed by atoms with Crippen LogP contribution in [0, 0.1) is 5.92 Å². The highest BCUT2D eigenvalue weighted by atomic mass is 16.5. The molecule has 0 saturated carbocycles. The molecule has 1 fully saturated rings.